The minimum Gasteiger partial charge on any atom is -0.493 e. The van der Waals surface area contributed by atoms with Gasteiger partial charge >= 0.3 is 0 Å². The summed E-state index contributed by atoms with van der Waals surface area (Å²) in [6, 6.07) is 12.8. The molecule has 3 N–H and O–H groups in total. The summed E-state index contributed by atoms with van der Waals surface area (Å²) in [6.07, 6.45) is 3.00. The number of halogens is 1. The number of anilines is 1. The largest absolute Gasteiger partial charge is 0.493 e. The lowest BCUT2D eigenvalue weighted by Gasteiger charge is -2.13. The van der Waals surface area contributed by atoms with Crippen molar-refractivity contribution in [2.24, 2.45) is 5.73 Å². The third-order valence-electron chi connectivity index (χ3n) is 4.20. The highest BCUT2D eigenvalue weighted by Gasteiger charge is 2.16. The van der Waals surface area contributed by atoms with Crippen molar-refractivity contribution in [1.29, 1.82) is 0 Å². The van der Waals surface area contributed by atoms with Crippen LogP contribution in [-0.2, 0) is 4.79 Å². The second-order valence-electron chi connectivity index (χ2n) is 6.15. The number of hydrogen-bond acceptors (Lipinski definition) is 5. The van der Waals surface area contributed by atoms with Crippen molar-refractivity contribution >= 4 is 34.9 Å². The SMILES string of the molecule is COc1cc(NC(=O)/C=C/c2ccc(-c3ccc(F)cc3)s2)c(C(N)=O)cc1OC. The Morgan fingerprint density at radius 2 is 1.70 bits per heavy atom. The van der Waals surface area contributed by atoms with Gasteiger partial charge in [0.1, 0.15) is 5.82 Å². The summed E-state index contributed by atoms with van der Waals surface area (Å²) >= 11 is 1.46. The van der Waals surface area contributed by atoms with Gasteiger partial charge in [-0.25, -0.2) is 4.39 Å². The van der Waals surface area contributed by atoms with Gasteiger partial charge < -0.3 is 20.5 Å². The first-order valence-corrected chi connectivity index (χ1v) is 9.63. The number of nitrogens with two attached hydrogens (primary N) is 1. The van der Waals surface area contributed by atoms with Crippen LogP contribution in [0.25, 0.3) is 16.5 Å². The molecule has 2 aromatic carbocycles. The fourth-order valence-corrected chi connectivity index (χ4v) is 3.65. The maximum absolute atomic E-state index is 13.1. The first kappa shape index (κ1) is 21.1. The molecule has 2 amide bonds. The van der Waals surface area contributed by atoms with E-state index in [2.05, 4.69) is 5.32 Å². The normalized spacial score (nSPS) is 10.8. The quantitative estimate of drug-likeness (QED) is 0.551. The topological polar surface area (TPSA) is 90.6 Å². The molecule has 6 nitrogen and oxygen atoms in total. The number of rotatable bonds is 7. The van der Waals surface area contributed by atoms with Crippen molar-refractivity contribution in [3.05, 3.63) is 70.9 Å². The fourth-order valence-electron chi connectivity index (χ4n) is 2.73. The van der Waals surface area contributed by atoms with Crippen molar-refractivity contribution in [2.75, 3.05) is 19.5 Å². The number of benzene rings is 2. The van der Waals surface area contributed by atoms with E-state index < -0.39 is 11.8 Å². The Morgan fingerprint density at radius 1 is 1.03 bits per heavy atom. The first-order valence-electron chi connectivity index (χ1n) is 8.82. The molecule has 0 unspecified atom stereocenters. The Balaban J connectivity index is 1.76. The summed E-state index contributed by atoms with van der Waals surface area (Å²) < 4.78 is 23.4. The Hall–Kier alpha value is -3.65. The molecule has 0 bridgehead atoms. The summed E-state index contributed by atoms with van der Waals surface area (Å²) in [7, 11) is 2.88. The van der Waals surface area contributed by atoms with Crippen LogP contribution >= 0.6 is 11.3 Å². The molecule has 30 heavy (non-hydrogen) atoms. The zero-order chi connectivity index (χ0) is 21.7. The second kappa shape index (κ2) is 9.23. The number of hydrogen-bond donors (Lipinski definition) is 2. The number of primary amides is 1. The predicted octanol–water partition coefficient (Wildman–Crippen LogP) is 4.32. The van der Waals surface area contributed by atoms with Gasteiger partial charge in [-0.2, -0.15) is 0 Å². The van der Waals surface area contributed by atoms with Crippen molar-refractivity contribution in [3.8, 4) is 21.9 Å². The lowest BCUT2D eigenvalue weighted by atomic mass is 10.1. The highest BCUT2D eigenvalue weighted by Crippen LogP contribution is 2.33. The number of thiophene rings is 1. The van der Waals surface area contributed by atoms with Crippen molar-refractivity contribution in [2.45, 2.75) is 0 Å². The molecule has 0 aliphatic carbocycles. The third kappa shape index (κ3) is 4.84. The average molecular weight is 426 g/mol. The van der Waals surface area contributed by atoms with Crippen LogP contribution in [0.5, 0.6) is 11.5 Å². The third-order valence-corrected chi connectivity index (χ3v) is 5.30. The van der Waals surface area contributed by atoms with E-state index in [-0.39, 0.29) is 17.1 Å². The summed E-state index contributed by atoms with van der Waals surface area (Å²) in [6.45, 7) is 0. The molecule has 0 saturated carbocycles. The number of ether oxygens (including phenoxy) is 2. The molecule has 0 aliphatic rings. The Kier molecular flexibility index (Phi) is 6.48. The number of carbonyl (C=O) groups is 2. The molecule has 3 aromatic rings. The predicted molar refractivity (Wildman–Crippen MR) is 115 cm³/mol. The summed E-state index contributed by atoms with van der Waals surface area (Å²) in [4.78, 5) is 25.9. The van der Waals surface area contributed by atoms with Crippen LogP contribution in [-0.4, -0.2) is 26.0 Å². The molecule has 1 heterocycles. The van der Waals surface area contributed by atoms with Gasteiger partial charge in [0, 0.05) is 21.9 Å². The molecule has 1 aromatic heterocycles. The van der Waals surface area contributed by atoms with Gasteiger partial charge in [0.05, 0.1) is 25.5 Å². The van der Waals surface area contributed by atoms with Crippen LogP contribution < -0.4 is 20.5 Å². The highest BCUT2D eigenvalue weighted by molar-refractivity contribution is 7.16. The molecule has 0 atom stereocenters. The highest BCUT2D eigenvalue weighted by atomic mass is 32.1. The Labute approximate surface area is 176 Å². The standard InChI is InChI=1S/C22H19FN2O4S/c1-28-18-11-16(22(24)27)17(12-19(18)29-2)25-21(26)10-8-15-7-9-20(30-15)13-3-5-14(23)6-4-13/h3-12H,1-2H3,(H2,24,27)(H,25,26)/b10-8+. The van der Waals surface area contributed by atoms with Gasteiger partial charge in [0.15, 0.2) is 11.5 Å². The second-order valence-corrected chi connectivity index (χ2v) is 7.26. The molecule has 0 aliphatic heterocycles. The van der Waals surface area contributed by atoms with E-state index >= 15 is 0 Å². The lowest BCUT2D eigenvalue weighted by molar-refractivity contribution is -0.111. The van der Waals surface area contributed by atoms with Crippen LogP contribution in [0, 0.1) is 5.82 Å². The van der Waals surface area contributed by atoms with Crippen molar-refractivity contribution in [1.82, 2.24) is 0 Å². The van der Waals surface area contributed by atoms with Gasteiger partial charge in [-0.05, 0) is 42.0 Å². The van der Waals surface area contributed by atoms with E-state index in [1.165, 1.54) is 55.9 Å². The minimum atomic E-state index is -0.711. The molecule has 0 spiro atoms. The molecule has 154 valence electrons. The van der Waals surface area contributed by atoms with E-state index in [1.54, 1.807) is 18.2 Å². The lowest BCUT2D eigenvalue weighted by Crippen LogP contribution is -2.17. The van der Waals surface area contributed by atoms with E-state index in [0.29, 0.717) is 11.5 Å². The monoisotopic (exact) mass is 426 g/mol. The number of carbonyl (C=O) groups excluding carboxylic acids is 2. The Morgan fingerprint density at radius 3 is 2.33 bits per heavy atom. The van der Waals surface area contributed by atoms with Gasteiger partial charge in [0.25, 0.3) is 5.91 Å². The Bertz CT molecular complexity index is 1110. The summed E-state index contributed by atoms with van der Waals surface area (Å²) in [5.41, 5.74) is 6.62. The summed E-state index contributed by atoms with van der Waals surface area (Å²) in [5, 5.41) is 2.63. The number of methoxy groups -OCH3 is 2. The first-order chi connectivity index (χ1) is 14.4. The minimum absolute atomic E-state index is 0.101. The van der Waals surface area contributed by atoms with E-state index in [4.69, 9.17) is 15.2 Å². The van der Waals surface area contributed by atoms with Crippen LogP contribution in [0.15, 0.2) is 54.6 Å². The molecular weight excluding hydrogens is 407 g/mol. The zero-order valence-corrected chi connectivity index (χ0v) is 17.1. The van der Waals surface area contributed by atoms with Gasteiger partial charge in [0.2, 0.25) is 5.91 Å². The van der Waals surface area contributed by atoms with E-state index in [0.717, 1.165) is 15.3 Å². The van der Waals surface area contributed by atoms with Gasteiger partial charge in [-0.15, -0.1) is 11.3 Å². The van der Waals surface area contributed by atoms with E-state index in [1.807, 2.05) is 12.1 Å². The fraction of sp³-hybridized carbons (Fsp3) is 0.0909. The zero-order valence-electron chi connectivity index (χ0n) is 16.3. The van der Waals surface area contributed by atoms with E-state index in [9.17, 15) is 14.0 Å². The average Bonchev–Trinajstić information content (AvgIpc) is 3.21. The van der Waals surface area contributed by atoms with Gasteiger partial charge in [-0.1, -0.05) is 12.1 Å². The van der Waals surface area contributed by atoms with Crippen LogP contribution in [0.2, 0.25) is 0 Å². The maximum atomic E-state index is 13.1. The van der Waals surface area contributed by atoms with Crippen LogP contribution in [0.4, 0.5) is 10.1 Å². The van der Waals surface area contributed by atoms with Crippen molar-refractivity contribution < 1.29 is 23.5 Å². The molecule has 3 rings (SSSR count). The van der Waals surface area contributed by atoms with Crippen LogP contribution in [0.3, 0.4) is 0 Å². The molecular formula is C22H19FN2O4S. The molecule has 0 fully saturated rings. The number of nitrogens with one attached hydrogen (secondary N) is 1. The van der Waals surface area contributed by atoms with Crippen LogP contribution in [0.1, 0.15) is 15.2 Å². The van der Waals surface area contributed by atoms with Gasteiger partial charge in [-0.3, -0.25) is 9.59 Å². The number of amides is 2. The maximum Gasteiger partial charge on any atom is 0.250 e. The smallest absolute Gasteiger partial charge is 0.250 e. The molecule has 8 heteroatoms. The summed E-state index contributed by atoms with van der Waals surface area (Å²) in [5.74, 6) is -0.771. The van der Waals surface area contributed by atoms with Crippen molar-refractivity contribution in [3.63, 3.8) is 0 Å². The molecule has 0 saturated heterocycles. The molecule has 0 radical (unpaired) electrons.